The van der Waals surface area contributed by atoms with Gasteiger partial charge in [0, 0.05) is 25.2 Å². The van der Waals surface area contributed by atoms with E-state index in [0.717, 1.165) is 25.6 Å². The molecule has 0 bridgehead atoms. The minimum Gasteiger partial charge on any atom is -0.352 e. The zero-order valence-electron chi connectivity index (χ0n) is 12.4. The van der Waals surface area contributed by atoms with Crippen molar-refractivity contribution < 1.29 is 4.79 Å². The predicted molar refractivity (Wildman–Crippen MR) is 83.2 cm³/mol. The molecule has 1 amide bonds. The highest BCUT2D eigenvalue weighted by Crippen LogP contribution is 2.26. The summed E-state index contributed by atoms with van der Waals surface area (Å²) in [5.74, 6) is 1.01. The van der Waals surface area contributed by atoms with Gasteiger partial charge in [0.05, 0.1) is 6.04 Å². The number of hydrogen-bond donors (Lipinski definition) is 2. The van der Waals surface area contributed by atoms with E-state index in [9.17, 15) is 4.79 Å². The van der Waals surface area contributed by atoms with Crippen molar-refractivity contribution in [2.75, 3.05) is 19.6 Å². The van der Waals surface area contributed by atoms with Gasteiger partial charge < -0.3 is 10.6 Å². The molecule has 3 rings (SSSR count). The molecule has 1 aliphatic carbocycles. The van der Waals surface area contributed by atoms with E-state index in [1.807, 2.05) is 0 Å². The molecule has 0 radical (unpaired) electrons. The van der Waals surface area contributed by atoms with E-state index in [2.05, 4.69) is 22.5 Å². The van der Waals surface area contributed by atoms with Crippen LogP contribution in [0.4, 0.5) is 0 Å². The SMILES string of the molecule is CC(C(=O)NC1CCCC1)N1CCC2NCCC2C1.Cl. The Morgan fingerprint density at radius 3 is 2.75 bits per heavy atom. The summed E-state index contributed by atoms with van der Waals surface area (Å²) in [6.45, 7) is 5.39. The summed E-state index contributed by atoms with van der Waals surface area (Å²) >= 11 is 0. The Bertz CT molecular complexity index is 333. The molecule has 0 spiro atoms. The van der Waals surface area contributed by atoms with Crippen LogP contribution in [0.3, 0.4) is 0 Å². The molecule has 20 heavy (non-hydrogen) atoms. The summed E-state index contributed by atoms with van der Waals surface area (Å²) in [7, 11) is 0. The Morgan fingerprint density at radius 1 is 1.25 bits per heavy atom. The third-order valence-corrected chi connectivity index (χ3v) is 5.32. The molecule has 3 atom stereocenters. The second-order valence-electron chi connectivity index (χ2n) is 6.56. The molecule has 2 saturated heterocycles. The highest BCUT2D eigenvalue weighted by atomic mass is 35.5. The standard InChI is InChI=1S/C15H27N3O.ClH/c1-11(15(19)17-13-4-2-3-5-13)18-9-7-14-12(10-18)6-8-16-14;/h11-14,16H,2-10H2,1H3,(H,17,19);1H. The molecule has 3 fully saturated rings. The summed E-state index contributed by atoms with van der Waals surface area (Å²) in [5, 5.41) is 6.82. The molecule has 0 aromatic heterocycles. The van der Waals surface area contributed by atoms with Crippen molar-refractivity contribution in [1.29, 1.82) is 0 Å². The van der Waals surface area contributed by atoms with Gasteiger partial charge in [-0.2, -0.15) is 0 Å². The second kappa shape index (κ2) is 7.10. The molecule has 2 N–H and O–H groups in total. The Hall–Kier alpha value is -0.320. The molecular formula is C15H28ClN3O. The number of nitrogens with one attached hydrogen (secondary N) is 2. The van der Waals surface area contributed by atoms with Gasteiger partial charge in [0.1, 0.15) is 0 Å². The normalized spacial score (nSPS) is 32.5. The zero-order chi connectivity index (χ0) is 13.2. The second-order valence-corrected chi connectivity index (χ2v) is 6.56. The predicted octanol–water partition coefficient (Wildman–Crippen LogP) is 1.54. The molecule has 5 heteroatoms. The zero-order valence-corrected chi connectivity index (χ0v) is 13.3. The molecule has 116 valence electrons. The maximum Gasteiger partial charge on any atom is 0.237 e. The van der Waals surface area contributed by atoms with Gasteiger partial charge in [0.25, 0.3) is 0 Å². The summed E-state index contributed by atoms with van der Waals surface area (Å²) in [5.41, 5.74) is 0. The topological polar surface area (TPSA) is 44.4 Å². The lowest BCUT2D eigenvalue weighted by molar-refractivity contribution is -0.127. The third kappa shape index (κ3) is 3.46. The lowest BCUT2D eigenvalue weighted by Crippen LogP contribution is -2.53. The number of likely N-dealkylation sites (tertiary alicyclic amines) is 1. The van der Waals surface area contributed by atoms with Gasteiger partial charge in [-0.15, -0.1) is 12.4 Å². The summed E-state index contributed by atoms with van der Waals surface area (Å²) in [4.78, 5) is 14.7. The maximum atomic E-state index is 12.3. The Morgan fingerprint density at radius 2 is 2.00 bits per heavy atom. The first-order valence-electron chi connectivity index (χ1n) is 8.02. The van der Waals surface area contributed by atoms with Gasteiger partial charge in [-0.05, 0) is 45.1 Å². The molecule has 4 nitrogen and oxygen atoms in total. The fourth-order valence-electron chi connectivity index (χ4n) is 3.99. The number of piperidine rings is 1. The van der Waals surface area contributed by atoms with Gasteiger partial charge in [-0.1, -0.05) is 12.8 Å². The van der Waals surface area contributed by atoms with E-state index in [4.69, 9.17) is 0 Å². The first kappa shape index (κ1) is 16.1. The smallest absolute Gasteiger partial charge is 0.237 e. The molecule has 2 heterocycles. The van der Waals surface area contributed by atoms with Crippen LogP contribution >= 0.6 is 12.4 Å². The number of rotatable bonds is 3. The highest BCUT2D eigenvalue weighted by molar-refractivity contribution is 5.85. The number of carbonyl (C=O) groups excluding carboxylic acids is 1. The Balaban J connectivity index is 0.00000147. The quantitative estimate of drug-likeness (QED) is 0.831. The number of halogens is 1. The maximum absolute atomic E-state index is 12.3. The van der Waals surface area contributed by atoms with Crippen molar-refractivity contribution in [2.24, 2.45) is 5.92 Å². The van der Waals surface area contributed by atoms with E-state index < -0.39 is 0 Å². The average molecular weight is 302 g/mol. The van der Waals surface area contributed by atoms with Crippen LogP contribution < -0.4 is 10.6 Å². The van der Waals surface area contributed by atoms with Crippen molar-refractivity contribution in [3.8, 4) is 0 Å². The van der Waals surface area contributed by atoms with Crippen LogP contribution in [0, 0.1) is 5.92 Å². The van der Waals surface area contributed by atoms with Crippen molar-refractivity contribution in [3.63, 3.8) is 0 Å². The summed E-state index contributed by atoms with van der Waals surface area (Å²) in [6.07, 6.45) is 7.38. The largest absolute Gasteiger partial charge is 0.352 e. The molecule has 2 aliphatic heterocycles. The minimum absolute atomic E-state index is 0. The number of fused-ring (bicyclic) bond motifs is 1. The van der Waals surface area contributed by atoms with E-state index in [1.54, 1.807) is 0 Å². The highest BCUT2D eigenvalue weighted by Gasteiger charge is 2.36. The van der Waals surface area contributed by atoms with E-state index in [1.165, 1.54) is 38.5 Å². The monoisotopic (exact) mass is 301 g/mol. The summed E-state index contributed by atoms with van der Waals surface area (Å²) in [6, 6.07) is 1.20. The van der Waals surface area contributed by atoms with E-state index >= 15 is 0 Å². The van der Waals surface area contributed by atoms with Crippen LogP contribution in [-0.4, -0.2) is 48.6 Å². The third-order valence-electron chi connectivity index (χ3n) is 5.32. The van der Waals surface area contributed by atoms with Gasteiger partial charge in [-0.3, -0.25) is 9.69 Å². The molecule has 3 unspecified atom stereocenters. The van der Waals surface area contributed by atoms with Crippen LogP contribution in [0.15, 0.2) is 0 Å². The van der Waals surface area contributed by atoms with Crippen LogP contribution in [-0.2, 0) is 4.79 Å². The Labute approximate surface area is 128 Å². The molecular weight excluding hydrogens is 274 g/mol. The van der Waals surface area contributed by atoms with Crippen LogP contribution in [0.5, 0.6) is 0 Å². The van der Waals surface area contributed by atoms with E-state index in [-0.39, 0.29) is 24.4 Å². The van der Waals surface area contributed by atoms with E-state index in [0.29, 0.717) is 12.1 Å². The number of carbonyl (C=O) groups is 1. The van der Waals surface area contributed by atoms with Crippen LogP contribution in [0.2, 0.25) is 0 Å². The molecule has 0 aromatic carbocycles. The van der Waals surface area contributed by atoms with Crippen molar-refractivity contribution in [2.45, 2.75) is 63.6 Å². The number of nitrogens with zero attached hydrogens (tertiary/aromatic N) is 1. The number of hydrogen-bond acceptors (Lipinski definition) is 3. The van der Waals surface area contributed by atoms with Gasteiger partial charge >= 0.3 is 0 Å². The first-order chi connectivity index (χ1) is 9.24. The van der Waals surface area contributed by atoms with Gasteiger partial charge in [0.2, 0.25) is 5.91 Å². The minimum atomic E-state index is 0. The van der Waals surface area contributed by atoms with Crippen LogP contribution in [0.1, 0.15) is 45.4 Å². The molecule has 3 aliphatic rings. The van der Waals surface area contributed by atoms with Gasteiger partial charge in [0.15, 0.2) is 0 Å². The van der Waals surface area contributed by atoms with Crippen molar-refractivity contribution in [3.05, 3.63) is 0 Å². The lowest BCUT2D eigenvalue weighted by Gasteiger charge is -2.38. The number of amides is 1. The molecule has 1 saturated carbocycles. The molecule has 0 aromatic rings. The average Bonchev–Trinajstić information content (AvgIpc) is 3.07. The summed E-state index contributed by atoms with van der Waals surface area (Å²) < 4.78 is 0. The van der Waals surface area contributed by atoms with Crippen molar-refractivity contribution >= 4 is 18.3 Å². The Kier molecular flexibility index (Phi) is 5.70. The van der Waals surface area contributed by atoms with Crippen molar-refractivity contribution in [1.82, 2.24) is 15.5 Å². The fourth-order valence-corrected chi connectivity index (χ4v) is 3.99. The lowest BCUT2D eigenvalue weighted by atomic mass is 9.92. The van der Waals surface area contributed by atoms with Gasteiger partial charge in [-0.25, -0.2) is 0 Å². The van der Waals surface area contributed by atoms with Crippen LogP contribution in [0.25, 0.3) is 0 Å². The fraction of sp³-hybridized carbons (Fsp3) is 0.933. The first-order valence-corrected chi connectivity index (χ1v) is 8.02.